The third-order valence-electron chi connectivity index (χ3n) is 3.53. The number of carboxylic acids is 1. The van der Waals surface area contributed by atoms with Gasteiger partial charge in [0.05, 0.1) is 11.8 Å². The quantitative estimate of drug-likeness (QED) is 0.832. The number of aliphatic carboxylic acids is 1. The fraction of sp³-hybridized carbons (Fsp3) is 0.429. The van der Waals surface area contributed by atoms with Crippen molar-refractivity contribution in [2.75, 3.05) is 11.6 Å². The first-order chi connectivity index (χ1) is 9.11. The van der Waals surface area contributed by atoms with Gasteiger partial charge < -0.3 is 10.4 Å². The van der Waals surface area contributed by atoms with Crippen LogP contribution in [0, 0.1) is 11.8 Å². The number of carbonyl (C=O) groups excluding carboxylic acids is 1. The second kappa shape index (κ2) is 6.10. The van der Waals surface area contributed by atoms with Gasteiger partial charge in [-0.1, -0.05) is 6.42 Å². The first-order valence-corrected chi connectivity index (χ1v) is 7.52. The van der Waals surface area contributed by atoms with Crippen molar-refractivity contribution in [2.24, 2.45) is 11.8 Å². The van der Waals surface area contributed by atoms with Crippen LogP contribution in [0.4, 0.5) is 5.69 Å². The zero-order valence-electron chi connectivity index (χ0n) is 10.8. The minimum atomic E-state index is -0.865. The van der Waals surface area contributed by atoms with Crippen LogP contribution in [0.15, 0.2) is 29.2 Å². The standard InChI is InChI=1S/C14H17NO3S/c1-19-10-7-5-9(6-8-10)15-13(16)11-3-2-4-12(11)14(17)18/h5-8,11-12H,2-4H2,1H3,(H,15,16)(H,17,18). The average molecular weight is 279 g/mol. The number of hydrogen-bond acceptors (Lipinski definition) is 3. The first kappa shape index (κ1) is 13.9. The molecule has 1 aliphatic carbocycles. The number of rotatable bonds is 4. The van der Waals surface area contributed by atoms with Crippen LogP contribution >= 0.6 is 11.8 Å². The second-order valence-corrected chi connectivity index (χ2v) is 5.58. The van der Waals surface area contributed by atoms with Gasteiger partial charge >= 0.3 is 5.97 Å². The fourth-order valence-electron chi connectivity index (χ4n) is 2.48. The van der Waals surface area contributed by atoms with Crippen LogP contribution in [0.5, 0.6) is 0 Å². The topological polar surface area (TPSA) is 66.4 Å². The predicted molar refractivity (Wildman–Crippen MR) is 75.3 cm³/mol. The molecule has 5 heteroatoms. The summed E-state index contributed by atoms with van der Waals surface area (Å²) >= 11 is 1.64. The van der Waals surface area contributed by atoms with Crippen LogP contribution < -0.4 is 5.32 Å². The van der Waals surface area contributed by atoms with E-state index in [9.17, 15) is 9.59 Å². The van der Waals surface area contributed by atoms with Gasteiger partial charge in [0.25, 0.3) is 0 Å². The van der Waals surface area contributed by atoms with Crippen molar-refractivity contribution < 1.29 is 14.7 Å². The normalized spacial score (nSPS) is 22.2. The molecular formula is C14H17NO3S. The molecule has 0 aromatic heterocycles. The number of nitrogens with one attached hydrogen (secondary N) is 1. The van der Waals surface area contributed by atoms with E-state index in [0.29, 0.717) is 12.8 Å². The van der Waals surface area contributed by atoms with E-state index in [-0.39, 0.29) is 5.91 Å². The number of benzene rings is 1. The molecule has 1 aromatic rings. The Morgan fingerprint density at radius 2 is 1.84 bits per heavy atom. The summed E-state index contributed by atoms with van der Waals surface area (Å²) in [6.45, 7) is 0. The molecule has 2 unspecified atom stereocenters. The molecule has 1 saturated carbocycles. The van der Waals surface area contributed by atoms with Crippen molar-refractivity contribution in [3.63, 3.8) is 0 Å². The third-order valence-corrected chi connectivity index (χ3v) is 4.27. The molecule has 2 rings (SSSR count). The number of anilines is 1. The Morgan fingerprint density at radius 1 is 1.21 bits per heavy atom. The Balaban J connectivity index is 2.01. The van der Waals surface area contributed by atoms with Gasteiger partial charge in [-0.05, 0) is 43.4 Å². The molecule has 4 nitrogen and oxygen atoms in total. The molecule has 0 heterocycles. The zero-order chi connectivity index (χ0) is 13.8. The number of thioether (sulfide) groups is 1. The SMILES string of the molecule is CSc1ccc(NC(=O)C2CCCC2C(=O)O)cc1. The number of carboxylic acid groups (broad SMARTS) is 1. The second-order valence-electron chi connectivity index (χ2n) is 4.70. The molecule has 0 spiro atoms. The number of carbonyl (C=O) groups is 2. The Hall–Kier alpha value is -1.49. The Kier molecular flexibility index (Phi) is 4.47. The fourth-order valence-corrected chi connectivity index (χ4v) is 2.89. The smallest absolute Gasteiger partial charge is 0.307 e. The lowest BCUT2D eigenvalue weighted by molar-refractivity contribution is -0.145. The van der Waals surface area contributed by atoms with Crippen LogP contribution in [0.2, 0.25) is 0 Å². The molecule has 0 saturated heterocycles. The lowest BCUT2D eigenvalue weighted by Gasteiger charge is -2.15. The van der Waals surface area contributed by atoms with Crippen molar-refractivity contribution in [1.29, 1.82) is 0 Å². The molecule has 0 aliphatic heterocycles. The Bertz CT molecular complexity index is 472. The van der Waals surface area contributed by atoms with Gasteiger partial charge in [-0.15, -0.1) is 11.8 Å². The largest absolute Gasteiger partial charge is 0.481 e. The van der Waals surface area contributed by atoms with Gasteiger partial charge in [0.2, 0.25) is 5.91 Å². The maximum atomic E-state index is 12.1. The summed E-state index contributed by atoms with van der Waals surface area (Å²) in [5.74, 6) is -1.99. The van der Waals surface area contributed by atoms with E-state index in [1.807, 2.05) is 30.5 Å². The summed E-state index contributed by atoms with van der Waals surface area (Å²) in [7, 11) is 0. The molecule has 2 atom stereocenters. The Morgan fingerprint density at radius 3 is 2.42 bits per heavy atom. The minimum absolute atomic E-state index is 0.179. The summed E-state index contributed by atoms with van der Waals surface area (Å²) in [6, 6.07) is 7.55. The maximum absolute atomic E-state index is 12.1. The van der Waals surface area contributed by atoms with E-state index in [1.165, 1.54) is 0 Å². The average Bonchev–Trinajstić information content (AvgIpc) is 2.89. The summed E-state index contributed by atoms with van der Waals surface area (Å²) in [6.07, 6.45) is 4.05. The van der Waals surface area contributed by atoms with Crippen LogP contribution in [0.1, 0.15) is 19.3 Å². The highest BCUT2D eigenvalue weighted by molar-refractivity contribution is 7.98. The van der Waals surface area contributed by atoms with Crippen LogP contribution in [-0.2, 0) is 9.59 Å². The molecule has 1 amide bonds. The van der Waals surface area contributed by atoms with E-state index < -0.39 is 17.8 Å². The van der Waals surface area contributed by atoms with E-state index in [2.05, 4.69) is 5.32 Å². The summed E-state index contributed by atoms with van der Waals surface area (Å²) in [5.41, 5.74) is 0.721. The van der Waals surface area contributed by atoms with E-state index in [4.69, 9.17) is 5.11 Å². The van der Waals surface area contributed by atoms with Crippen LogP contribution in [0.3, 0.4) is 0 Å². The van der Waals surface area contributed by atoms with Crippen molar-refractivity contribution in [3.05, 3.63) is 24.3 Å². The lowest BCUT2D eigenvalue weighted by atomic mass is 9.95. The molecular weight excluding hydrogens is 262 g/mol. The van der Waals surface area contributed by atoms with Gasteiger partial charge in [-0.2, -0.15) is 0 Å². The molecule has 2 N–H and O–H groups in total. The van der Waals surface area contributed by atoms with E-state index >= 15 is 0 Å². The summed E-state index contributed by atoms with van der Waals surface area (Å²) in [5, 5.41) is 11.9. The van der Waals surface area contributed by atoms with Gasteiger partial charge in [-0.3, -0.25) is 9.59 Å². The molecule has 1 aromatic carbocycles. The van der Waals surface area contributed by atoms with Crippen LogP contribution in [0.25, 0.3) is 0 Å². The highest BCUT2D eigenvalue weighted by Gasteiger charge is 2.37. The van der Waals surface area contributed by atoms with Gasteiger partial charge in [0.15, 0.2) is 0 Å². The number of amides is 1. The summed E-state index contributed by atoms with van der Waals surface area (Å²) in [4.78, 5) is 24.3. The van der Waals surface area contributed by atoms with Crippen LogP contribution in [-0.4, -0.2) is 23.2 Å². The minimum Gasteiger partial charge on any atom is -0.481 e. The molecule has 1 aliphatic rings. The summed E-state index contributed by atoms with van der Waals surface area (Å²) < 4.78 is 0. The molecule has 0 radical (unpaired) electrons. The molecule has 19 heavy (non-hydrogen) atoms. The Labute approximate surface area is 116 Å². The van der Waals surface area contributed by atoms with E-state index in [1.54, 1.807) is 11.8 Å². The van der Waals surface area contributed by atoms with Gasteiger partial charge in [0.1, 0.15) is 0 Å². The van der Waals surface area contributed by atoms with Gasteiger partial charge in [-0.25, -0.2) is 0 Å². The third kappa shape index (κ3) is 3.29. The van der Waals surface area contributed by atoms with Crippen molar-refractivity contribution in [1.82, 2.24) is 0 Å². The van der Waals surface area contributed by atoms with E-state index in [0.717, 1.165) is 17.0 Å². The highest BCUT2D eigenvalue weighted by atomic mass is 32.2. The zero-order valence-corrected chi connectivity index (χ0v) is 11.6. The first-order valence-electron chi connectivity index (χ1n) is 6.29. The molecule has 102 valence electrons. The lowest BCUT2D eigenvalue weighted by Crippen LogP contribution is -2.29. The highest BCUT2D eigenvalue weighted by Crippen LogP contribution is 2.33. The monoisotopic (exact) mass is 279 g/mol. The van der Waals surface area contributed by atoms with Crippen molar-refractivity contribution >= 4 is 29.3 Å². The predicted octanol–water partition coefficient (Wildman–Crippen LogP) is 2.85. The number of hydrogen-bond donors (Lipinski definition) is 2. The molecule has 0 bridgehead atoms. The maximum Gasteiger partial charge on any atom is 0.307 e. The van der Waals surface area contributed by atoms with Crippen molar-refractivity contribution in [3.8, 4) is 0 Å². The van der Waals surface area contributed by atoms with Crippen molar-refractivity contribution in [2.45, 2.75) is 24.2 Å². The molecule has 1 fully saturated rings. The van der Waals surface area contributed by atoms with Gasteiger partial charge in [0, 0.05) is 10.6 Å².